The average molecular weight is 430 g/mol. The van der Waals surface area contributed by atoms with Gasteiger partial charge in [0.2, 0.25) is 0 Å². The number of halogens is 6. The number of carbonyl (C=O) groups excluding carboxylic acids is 2. The van der Waals surface area contributed by atoms with E-state index >= 15 is 0 Å². The molecule has 0 bridgehead atoms. The van der Waals surface area contributed by atoms with Crippen molar-refractivity contribution in [3.63, 3.8) is 0 Å². The second kappa shape index (κ2) is 3.49. The third-order valence-electron chi connectivity index (χ3n) is 12.2. The molecule has 4 spiro atoms. The highest BCUT2D eigenvalue weighted by atomic mass is 19.4. The van der Waals surface area contributed by atoms with E-state index in [0.717, 1.165) is 9.80 Å². The van der Waals surface area contributed by atoms with Crippen molar-refractivity contribution in [1.29, 1.82) is 0 Å². The summed E-state index contributed by atoms with van der Waals surface area (Å²) >= 11 is 0. The Morgan fingerprint density at radius 3 is 0.900 bits per heavy atom. The summed E-state index contributed by atoms with van der Waals surface area (Å²) in [7, 11) is 0. The van der Waals surface area contributed by atoms with Crippen LogP contribution in [-0.4, -0.2) is 60.1 Å². The van der Waals surface area contributed by atoms with E-state index in [1.54, 1.807) is 0 Å². The van der Waals surface area contributed by atoms with Gasteiger partial charge in [0.1, 0.15) is 0 Å². The Morgan fingerprint density at radius 2 is 0.733 bits per heavy atom. The first-order valence-electron chi connectivity index (χ1n) is 10.6. The molecule has 10 heteroatoms. The van der Waals surface area contributed by atoms with Crippen LogP contribution >= 0.6 is 0 Å². The van der Waals surface area contributed by atoms with Gasteiger partial charge in [0.15, 0.2) is 0 Å². The van der Waals surface area contributed by atoms with E-state index in [1.807, 2.05) is 0 Å². The second-order valence-electron chi connectivity index (χ2n) is 11.7. The highest BCUT2D eigenvalue weighted by Gasteiger charge is 3.15. The summed E-state index contributed by atoms with van der Waals surface area (Å²) in [5.41, 5.74) is -0.892. The number of hydrogen-bond acceptors (Lipinski definition) is 2. The Balaban J connectivity index is 1.14. The van der Waals surface area contributed by atoms with Crippen LogP contribution in [-0.2, 0) is 9.59 Å². The topological polar surface area (TPSA) is 40.6 Å². The fraction of sp³-hybridized carbons (Fsp3) is 0.900. The summed E-state index contributed by atoms with van der Waals surface area (Å²) in [6, 6.07) is 0. The molecule has 10 aliphatic rings. The Hall–Kier alpha value is -1.48. The van der Waals surface area contributed by atoms with E-state index in [1.165, 1.54) is 0 Å². The van der Waals surface area contributed by atoms with Crippen molar-refractivity contribution in [2.45, 2.75) is 12.4 Å². The molecule has 0 radical (unpaired) electrons. The number of carbonyl (C=O) groups is 2. The van der Waals surface area contributed by atoms with Crippen LogP contribution in [0, 0.1) is 69.0 Å². The third kappa shape index (κ3) is 0.983. The van der Waals surface area contributed by atoms with Crippen molar-refractivity contribution in [2.75, 3.05) is 26.2 Å². The molecule has 160 valence electrons. The van der Waals surface area contributed by atoms with Crippen molar-refractivity contribution < 1.29 is 35.9 Å². The number of nitrogens with zero attached hydrogens (tertiary/aromatic N) is 2. The van der Waals surface area contributed by atoms with Gasteiger partial charge in [-0.05, 0) is 47.3 Å². The van der Waals surface area contributed by atoms with Crippen molar-refractivity contribution in [1.82, 2.24) is 9.80 Å². The number of hydrogen-bond donors (Lipinski definition) is 0. The summed E-state index contributed by atoms with van der Waals surface area (Å²) in [6.45, 7) is 0.721. The maximum absolute atomic E-state index is 13.1. The Labute approximate surface area is 165 Å². The van der Waals surface area contributed by atoms with E-state index < -0.39 is 24.2 Å². The monoisotopic (exact) mass is 430 g/mol. The lowest BCUT2D eigenvalue weighted by atomic mass is 9.60. The van der Waals surface area contributed by atoms with E-state index in [4.69, 9.17) is 0 Å². The Morgan fingerprint density at radius 1 is 0.533 bits per heavy atom. The molecule has 2 saturated heterocycles. The Kier molecular flexibility index (Phi) is 1.88. The fourth-order valence-electron chi connectivity index (χ4n) is 13.0. The minimum absolute atomic E-state index is 0.175. The van der Waals surface area contributed by atoms with Crippen LogP contribution in [0.3, 0.4) is 0 Å². The molecular formula is C20H16F6N2O2. The minimum atomic E-state index is -4.86. The largest absolute Gasteiger partial charge is 0.471 e. The van der Waals surface area contributed by atoms with Gasteiger partial charge in [0.25, 0.3) is 0 Å². The van der Waals surface area contributed by atoms with Gasteiger partial charge in [-0.25, -0.2) is 0 Å². The number of alkyl halides is 6. The zero-order valence-electron chi connectivity index (χ0n) is 15.4. The molecule has 30 heavy (non-hydrogen) atoms. The summed E-state index contributed by atoms with van der Waals surface area (Å²) in [4.78, 5) is 26.1. The van der Waals surface area contributed by atoms with Crippen molar-refractivity contribution in [2.24, 2.45) is 69.0 Å². The summed E-state index contributed by atoms with van der Waals surface area (Å²) < 4.78 is 78.7. The third-order valence-corrected chi connectivity index (χ3v) is 12.2. The lowest BCUT2D eigenvalue weighted by molar-refractivity contribution is -0.186. The normalized spacial score (nSPS) is 65.1. The van der Waals surface area contributed by atoms with Crippen LogP contribution in [0.2, 0.25) is 0 Å². The van der Waals surface area contributed by atoms with Crippen molar-refractivity contribution >= 4 is 11.8 Å². The molecule has 2 heterocycles. The molecule has 0 aromatic heterocycles. The first-order valence-corrected chi connectivity index (χ1v) is 10.6. The van der Waals surface area contributed by atoms with E-state index in [-0.39, 0.29) is 95.2 Å². The molecular weight excluding hydrogens is 414 g/mol. The number of amides is 2. The maximum Gasteiger partial charge on any atom is 0.471 e. The van der Waals surface area contributed by atoms with Crippen LogP contribution in [0.15, 0.2) is 0 Å². The predicted molar refractivity (Wildman–Crippen MR) is 82.9 cm³/mol. The smallest absolute Gasteiger partial charge is 0.334 e. The average Bonchev–Trinajstić information content (AvgIpc) is 2.94. The van der Waals surface area contributed by atoms with Crippen LogP contribution in [0.25, 0.3) is 0 Å². The molecule has 8 aliphatic carbocycles. The highest BCUT2D eigenvalue weighted by Crippen LogP contribution is 3.15. The van der Waals surface area contributed by atoms with Crippen LogP contribution in [0.1, 0.15) is 0 Å². The van der Waals surface area contributed by atoms with Gasteiger partial charge in [-0.15, -0.1) is 0 Å². The zero-order chi connectivity index (χ0) is 20.8. The van der Waals surface area contributed by atoms with Crippen molar-refractivity contribution in [3.8, 4) is 0 Å². The number of likely N-dealkylation sites (tertiary alicyclic amines) is 2. The zero-order valence-corrected chi connectivity index (χ0v) is 15.4. The quantitative estimate of drug-likeness (QED) is 0.550. The molecule has 4 nitrogen and oxygen atoms in total. The predicted octanol–water partition coefficient (Wildman–Crippen LogP) is 1.77. The molecule has 0 aromatic rings. The standard InChI is InChI=1S/C20H16F6N2O2/c21-19(22,23)13(29)27-1-15-5-6(15)10-12-8-7-11(17(12,15)3-27)9(5)18(10)4-28(2-16(7,8)18)14(30)20(24,25)26/h5-12H,1-4H2/t5-,6-,7-,8+,9-,10-,11-,12+,15?,16?,17?,18?/m1/s1. The van der Waals surface area contributed by atoms with Gasteiger partial charge >= 0.3 is 24.2 Å². The molecule has 8 saturated carbocycles. The molecule has 0 aromatic carbocycles. The minimum Gasteiger partial charge on any atom is -0.334 e. The van der Waals surface area contributed by atoms with Gasteiger partial charge in [-0.3, -0.25) is 9.59 Å². The lowest BCUT2D eigenvalue weighted by Crippen LogP contribution is -2.50. The van der Waals surface area contributed by atoms with Gasteiger partial charge in [0, 0.05) is 47.8 Å². The maximum atomic E-state index is 13.1. The summed E-state index contributed by atoms with van der Waals surface area (Å²) in [5, 5.41) is 0. The highest BCUT2D eigenvalue weighted by molar-refractivity contribution is 5.84. The molecule has 10 rings (SSSR count). The van der Waals surface area contributed by atoms with Crippen LogP contribution < -0.4 is 0 Å². The van der Waals surface area contributed by atoms with Gasteiger partial charge in [-0.2, -0.15) is 26.3 Å². The van der Waals surface area contributed by atoms with Gasteiger partial charge < -0.3 is 9.80 Å². The molecule has 0 atom stereocenters. The van der Waals surface area contributed by atoms with Gasteiger partial charge in [-0.1, -0.05) is 0 Å². The molecule has 2 amide bonds. The van der Waals surface area contributed by atoms with E-state index in [9.17, 15) is 35.9 Å². The summed E-state index contributed by atoms with van der Waals surface area (Å²) in [6.07, 6.45) is -9.73. The second-order valence-corrected chi connectivity index (χ2v) is 11.7. The van der Waals surface area contributed by atoms with Crippen LogP contribution in [0.4, 0.5) is 26.3 Å². The fourth-order valence-corrected chi connectivity index (χ4v) is 13.0. The molecule has 0 unspecified atom stereocenters. The number of rotatable bonds is 0. The molecule has 10 fully saturated rings. The van der Waals surface area contributed by atoms with E-state index in [2.05, 4.69) is 0 Å². The summed E-state index contributed by atoms with van der Waals surface area (Å²) in [5.74, 6) is -1.45. The first-order chi connectivity index (χ1) is 13.9. The van der Waals surface area contributed by atoms with Crippen molar-refractivity contribution in [3.05, 3.63) is 0 Å². The van der Waals surface area contributed by atoms with E-state index in [0.29, 0.717) is 0 Å². The molecule has 2 aliphatic heterocycles. The molecule has 0 N–H and O–H groups in total. The van der Waals surface area contributed by atoms with Crippen LogP contribution in [0.5, 0.6) is 0 Å². The van der Waals surface area contributed by atoms with Gasteiger partial charge in [0.05, 0.1) is 0 Å². The lowest BCUT2D eigenvalue weighted by Gasteiger charge is -2.45. The first kappa shape index (κ1) is 16.2. The SMILES string of the molecule is O=C(N1CC23[C@H]4[C@H]5[C@H]6[C@@H]([C@H]7[C@H]2[C@H]2[C@H]4C24CN(C(=O)C(F)(F)F)CC574)C63C1)C(F)(F)F. The Bertz CT molecular complexity index is 935.